The van der Waals surface area contributed by atoms with Gasteiger partial charge in [-0.25, -0.2) is 0 Å². The molecule has 1 aliphatic rings. The van der Waals surface area contributed by atoms with E-state index in [9.17, 15) is 15.0 Å². The summed E-state index contributed by atoms with van der Waals surface area (Å²) in [7, 11) is 0. The highest BCUT2D eigenvalue weighted by Gasteiger charge is 2.43. The van der Waals surface area contributed by atoms with Crippen LogP contribution in [-0.2, 0) is 9.53 Å². The van der Waals surface area contributed by atoms with Crippen molar-refractivity contribution in [3.05, 3.63) is 0 Å². The van der Waals surface area contributed by atoms with Gasteiger partial charge in [0.15, 0.2) is 0 Å². The lowest BCUT2D eigenvalue weighted by atomic mass is 9.77. The standard InChI is InChI=1S/C25H48O5/c1-5-7-16-25(3,4)23(27)15-14-20-19(12-10-8-9-11-13-24(28)29)21(26)18-22(20)30-17-6-2/h19-23,26-27H,5-18H2,1-4H3,(H,28,29)/t19-,20-,21+,22-,23?/m1/s1. The molecule has 0 amide bonds. The summed E-state index contributed by atoms with van der Waals surface area (Å²) < 4.78 is 6.11. The Bertz CT molecular complexity index is 464. The van der Waals surface area contributed by atoms with Gasteiger partial charge in [0.2, 0.25) is 0 Å². The molecule has 0 radical (unpaired) electrons. The largest absolute Gasteiger partial charge is 0.481 e. The molecule has 0 spiro atoms. The summed E-state index contributed by atoms with van der Waals surface area (Å²) in [5.41, 5.74) is -0.0767. The van der Waals surface area contributed by atoms with Crippen molar-refractivity contribution in [2.75, 3.05) is 6.61 Å². The van der Waals surface area contributed by atoms with Crippen LogP contribution in [0.1, 0.15) is 111 Å². The third-order valence-corrected chi connectivity index (χ3v) is 7.06. The van der Waals surface area contributed by atoms with E-state index >= 15 is 0 Å². The average Bonchev–Trinajstić information content (AvgIpc) is 2.99. The number of carbonyl (C=O) groups is 1. The second kappa shape index (κ2) is 14.4. The molecule has 1 aliphatic carbocycles. The molecule has 0 aromatic rings. The Morgan fingerprint density at radius 3 is 2.37 bits per heavy atom. The SMILES string of the molecule is CCCCC(C)(C)C(O)CC[C@@H]1[C@@H](CCCCCCC(=O)O)[C@@H](O)C[C@H]1OCCC. The Hall–Kier alpha value is -0.650. The third-order valence-electron chi connectivity index (χ3n) is 7.06. The van der Waals surface area contributed by atoms with E-state index in [1.807, 2.05) is 0 Å². The van der Waals surface area contributed by atoms with E-state index < -0.39 is 5.97 Å². The number of carboxylic acids is 1. The summed E-state index contributed by atoms with van der Waals surface area (Å²) in [6.07, 6.45) is 11.0. The van der Waals surface area contributed by atoms with E-state index in [4.69, 9.17) is 9.84 Å². The number of aliphatic hydroxyl groups excluding tert-OH is 2. The van der Waals surface area contributed by atoms with Crippen LogP contribution < -0.4 is 0 Å². The van der Waals surface area contributed by atoms with Crippen molar-refractivity contribution < 1.29 is 24.9 Å². The number of hydrogen-bond acceptors (Lipinski definition) is 4. The zero-order valence-corrected chi connectivity index (χ0v) is 19.9. The van der Waals surface area contributed by atoms with Crippen molar-refractivity contribution in [2.24, 2.45) is 17.3 Å². The van der Waals surface area contributed by atoms with Gasteiger partial charge in [0.25, 0.3) is 0 Å². The Kier molecular flexibility index (Phi) is 13.2. The Morgan fingerprint density at radius 1 is 1.03 bits per heavy atom. The first kappa shape index (κ1) is 27.4. The van der Waals surface area contributed by atoms with E-state index in [-0.39, 0.29) is 36.1 Å². The molecule has 0 aliphatic heterocycles. The Balaban J connectivity index is 2.60. The molecule has 0 aromatic carbocycles. The van der Waals surface area contributed by atoms with Crippen molar-refractivity contribution >= 4 is 5.97 Å². The lowest BCUT2D eigenvalue weighted by Crippen LogP contribution is -2.32. The summed E-state index contributed by atoms with van der Waals surface area (Å²) in [6.45, 7) is 9.34. The summed E-state index contributed by atoms with van der Waals surface area (Å²) >= 11 is 0. The first-order valence-electron chi connectivity index (χ1n) is 12.4. The van der Waals surface area contributed by atoms with Crippen LogP contribution >= 0.6 is 0 Å². The fraction of sp³-hybridized carbons (Fsp3) is 0.960. The van der Waals surface area contributed by atoms with Gasteiger partial charge in [-0.15, -0.1) is 0 Å². The predicted octanol–water partition coefficient (Wildman–Crippen LogP) is 5.56. The molecule has 5 atom stereocenters. The van der Waals surface area contributed by atoms with E-state index in [1.165, 1.54) is 0 Å². The molecule has 0 heterocycles. The first-order chi connectivity index (χ1) is 14.2. The second-order valence-electron chi connectivity index (χ2n) is 10.1. The first-order valence-corrected chi connectivity index (χ1v) is 12.4. The predicted molar refractivity (Wildman–Crippen MR) is 122 cm³/mol. The van der Waals surface area contributed by atoms with Gasteiger partial charge in [-0.1, -0.05) is 59.8 Å². The topological polar surface area (TPSA) is 87.0 Å². The molecule has 30 heavy (non-hydrogen) atoms. The molecule has 0 saturated heterocycles. The second-order valence-corrected chi connectivity index (χ2v) is 10.1. The van der Waals surface area contributed by atoms with Crippen molar-refractivity contribution in [1.29, 1.82) is 0 Å². The molecule has 1 saturated carbocycles. The van der Waals surface area contributed by atoms with Gasteiger partial charge < -0.3 is 20.1 Å². The number of unbranched alkanes of at least 4 members (excludes halogenated alkanes) is 4. The minimum Gasteiger partial charge on any atom is -0.481 e. The summed E-state index contributed by atoms with van der Waals surface area (Å²) in [6, 6.07) is 0. The Morgan fingerprint density at radius 2 is 1.73 bits per heavy atom. The van der Waals surface area contributed by atoms with E-state index in [1.54, 1.807) is 0 Å². The Labute approximate surface area is 184 Å². The quantitative estimate of drug-likeness (QED) is 0.264. The van der Waals surface area contributed by atoms with Crippen LogP contribution in [0.4, 0.5) is 0 Å². The van der Waals surface area contributed by atoms with Gasteiger partial charge >= 0.3 is 5.97 Å². The van der Waals surface area contributed by atoms with Gasteiger partial charge in [-0.05, 0) is 55.8 Å². The van der Waals surface area contributed by atoms with Crippen LogP contribution in [0.3, 0.4) is 0 Å². The summed E-state index contributed by atoms with van der Waals surface area (Å²) in [4.78, 5) is 10.6. The van der Waals surface area contributed by atoms with Gasteiger partial charge in [-0.2, -0.15) is 0 Å². The van der Waals surface area contributed by atoms with Crippen molar-refractivity contribution in [1.82, 2.24) is 0 Å². The normalized spacial score (nSPS) is 25.5. The van der Waals surface area contributed by atoms with Crippen LogP contribution in [0.25, 0.3) is 0 Å². The summed E-state index contributed by atoms with van der Waals surface area (Å²) in [5, 5.41) is 30.3. The summed E-state index contributed by atoms with van der Waals surface area (Å²) in [5.74, 6) is -0.211. The van der Waals surface area contributed by atoms with Crippen molar-refractivity contribution in [3.8, 4) is 0 Å². The number of aliphatic hydroxyl groups is 2. The van der Waals surface area contributed by atoms with Crippen LogP contribution in [0, 0.1) is 17.3 Å². The number of carboxylic acid groups (broad SMARTS) is 1. The fourth-order valence-corrected chi connectivity index (χ4v) is 4.97. The number of rotatable bonds is 17. The molecule has 0 bridgehead atoms. The lowest BCUT2D eigenvalue weighted by molar-refractivity contribution is -0.137. The van der Waals surface area contributed by atoms with E-state index in [0.29, 0.717) is 12.3 Å². The van der Waals surface area contributed by atoms with Crippen molar-refractivity contribution in [3.63, 3.8) is 0 Å². The molecule has 1 fully saturated rings. The highest BCUT2D eigenvalue weighted by Crippen LogP contribution is 2.42. The maximum atomic E-state index is 10.8. The average molecular weight is 429 g/mol. The van der Waals surface area contributed by atoms with Gasteiger partial charge in [0, 0.05) is 19.4 Å². The van der Waals surface area contributed by atoms with Gasteiger partial charge in [-0.3, -0.25) is 4.79 Å². The highest BCUT2D eigenvalue weighted by atomic mass is 16.5. The van der Waals surface area contributed by atoms with Crippen LogP contribution in [0.15, 0.2) is 0 Å². The van der Waals surface area contributed by atoms with Crippen LogP contribution in [-0.4, -0.2) is 46.2 Å². The van der Waals surface area contributed by atoms with Crippen molar-refractivity contribution in [2.45, 2.75) is 129 Å². The van der Waals surface area contributed by atoms with Gasteiger partial charge in [0.1, 0.15) is 0 Å². The maximum Gasteiger partial charge on any atom is 0.303 e. The molecule has 1 unspecified atom stereocenters. The number of hydrogen-bond donors (Lipinski definition) is 3. The monoisotopic (exact) mass is 428 g/mol. The molecular formula is C25H48O5. The third kappa shape index (κ3) is 9.65. The molecule has 5 heteroatoms. The van der Waals surface area contributed by atoms with Crippen LogP contribution in [0.2, 0.25) is 0 Å². The molecule has 0 aromatic heterocycles. The minimum atomic E-state index is -0.724. The smallest absolute Gasteiger partial charge is 0.303 e. The highest BCUT2D eigenvalue weighted by molar-refractivity contribution is 5.66. The molecule has 178 valence electrons. The number of ether oxygens (including phenoxy) is 1. The van der Waals surface area contributed by atoms with Gasteiger partial charge in [0.05, 0.1) is 18.3 Å². The number of aliphatic carboxylic acids is 1. The van der Waals surface area contributed by atoms with E-state index in [2.05, 4.69) is 27.7 Å². The van der Waals surface area contributed by atoms with E-state index in [0.717, 1.165) is 77.2 Å². The molecule has 5 nitrogen and oxygen atoms in total. The molecular weight excluding hydrogens is 380 g/mol. The lowest BCUT2D eigenvalue weighted by Gasteiger charge is -2.33. The maximum absolute atomic E-state index is 10.8. The zero-order valence-electron chi connectivity index (χ0n) is 19.9. The fourth-order valence-electron chi connectivity index (χ4n) is 4.97. The molecule has 1 rings (SSSR count). The zero-order chi connectivity index (χ0) is 22.6. The van der Waals surface area contributed by atoms with Crippen LogP contribution in [0.5, 0.6) is 0 Å². The minimum absolute atomic E-state index is 0.0767. The molecule has 3 N–H and O–H groups in total.